The highest BCUT2D eigenvalue weighted by atomic mass is 16.5. The van der Waals surface area contributed by atoms with Crippen LogP contribution >= 0.6 is 0 Å². The van der Waals surface area contributed by atoms with Gasteiger partial charge in [-0.3, -0.25) is 33.8 Å². The maximum atomic E-state index is 13.5. The van der Waals surface area contributed by atoms with Gasteiger partial charge in [0.1, 0.15) is 23.9 Å². The zero-order valence-corrected chi connectivity index (χ0v) is 30.3. The van der Waals surface area contributed by atoms with Crippen LogP contribution in [0.1, 0.15) is 73.3 Å². The normalized spacial score (nSPS) is 18.0. The molecule has 1 heterocycles. The third kappa shape index (κ3) is 11.9. The molecule has 1 aliphatic heterocycles. The van der Waals surface area contributed by atoms with Gasteiger partial charge in [-0.2, -0.15) is 0 Å². The lowest BCUT2D eigenvalue weighted by Crippen LogP contribution is -2.53. The molecule has 0 saturated carbocycles. The van der Waals surface area contributed by atoms with Crippen molar-refractivity contribution in [3.8, 4) is 0 Å². The molecule has 1 aliphatic rings. The Morgan fingerprint density at radius 2 is 1.56 bits per heavy atom. The quantitative estimate of drug-likeness (QED) is 0.177. The van der Waals surface area contributed by atoms with E-state index in [-0.39, 0.29) is 17.8 Å². The SMILES string of the molecule is CC[C@H](C)[C@@H](C(=O)O[C@@H](CC(C)C)C(=O)N[C@@H](CC(C)C)C(=O)N[C@@H](C)/C=C/C(=O)N1C(=O)C=C(OC)[C@@H]1Cc1ccccc1)N(C)C. The monoisotopic (exact) mass is 668 g/mol. The van der Waals surface area contributed by atoms with Gasteiger partial charge in [0.05, 0.1) is 7.11 Å². The van der Waals surface area contributed by atoms with Crippen molar-refractivity contribution in [2.75, 3.05) is 21.2 Å². The van der Waals surface area contributed by atoms with Crippen molar-refractivity contribution < 1.29 is 33.4 Å². The predicted molar refractivity (Wildman–Crippen MR) is 185 cm³/mol. The minimum Gasteiger partial charge on any atom is -0.499 e. The number of carbonyl (C=O) groups excluding carboxylic acids is 5. The molecule has 266 valence electrons. The first kappa shape index (κ1) is 40.2. The Morgan fingerprint density at radius 1 is 0.938 bits per heavy atom. The lowest BCUT2D eigenvalue weighted by molar-refractivity contribution is -0.163. The Kier molecular flexibility index (Phi) is 16.0. The van der Waals surface area contributed by atoms with Gasteiger partial charge in [0, 0.05) is 24.6 Å². The number of nitrogens with zero attached hydrogens (tertiary/aromatic N) is 2. The average Bonchev–Trinajstić information content (AvgIpc) is 3.33. The number of nitrogens with one attached hydrogen (secondary N) is 2. The molecule has 2 rings (SSSR count). The van der Waals surface area contributed by atoms with Gasteiger partial charge < -0.3 is 20.1 Å². The zero-order chi connectivity index (χ0) is 36.1. The van der Waals surface area contributed by atoms with Crippen molar-refractivity contribution in [1.82, 2.24) is 20.4 Å². The summed E-state index contributed by atoms with van der Waals surface area (Å²) in [6.07, 6.45) is 4.84. The lowest BCUT2D eigenvalue weighted by atomic mass is 9.98. The highest BCUT2D eigenvalue weighted by Gasteiger charge is 2.38. The standard InChI is InChI=1S/C37H56N4O7/c1-11-25(6)34(40(8)9)37(46)48-31(20-24(4)5)36(45)39-28(19-23(2)3)35(44)38-26(7)17-18-32(42)41-29(30(47-10)22-33(41)43)21-27-15-13-12-14-16-27/h12-18,22-26,28-29,31,34H,11,19-21H2,1-10H3,(H,38,44)(H,39,45)/b18-17+/t25-,26-,28-,29-,31-,34-/m0/s1. The van der Waals surface area contributed by atoms with Gasteiger partial charge >= 0.3 is 5.97 Å². The fourth-order valence-electron chi connectivity index (χ4n) is 5.72. The second kappa shape index (κ2) is 19.1. The lowest BCUT2D eigenvalue weighted by Gasteiger charge is -2.30. The number of carbonyl (C=O) groups is 5. The van der Waals surface area contributed by atoms with Gasteiger partial charge in [0.25, 0.3) is 17.7 Å². The first-order valence-electron chi connectivity index (χ1n) is 16.9. The molecule has 1 aromatic rings. The van der Waals surface area contributed by atoms with Crippen LogP contribution in [0.3, 0.4) is 0 Å². The highest BCUT2D eigenvalue weighted by molar-refractivity contribution is 6.07. The van der Waals surface area contributed by atoms with E-state index < -0.39 is 59.9 Å². The number of imide groups is 1. The van der Waals surface area contributed by atoms with Crippen molar-refractivity contribution in [1.29, 1.82) is 0 Å². The second-order valence-corrected chi connectivity index (χ2v) is 13.7. The molecule has 0 saturated heterocycles. The van der Waals surface area contributed by atoms with E-state index in [1.807, 2.05) is 86.0 Å². The molecule has 0 spiro atoms. The first-order chi connectivity index (χ1) is 22.6. The van der Waals surface area contributed by atoms with Gasteiger partial charge in [-0.25, -0.2) is 0 Å². The van der Waals surface area contributed by atoms with E-state index in [9.17, 15) is 24.0 Å². The molecule has 0 aliphatic carbocycles. The van der Waals surface area contributed by atoms with Crippen LogP contribution in [0.2, 0.25) is 0 Å². The summed E-state index contributed by atoms with van der Waals surface area (Å²) < 4.78 is 11.2. The third-order valence-corrected chi connectivity index (χ3v) is 8.34. The van der Waals surface area contributed by atoms with Crippen LogP contribution in [-0.4, -0.2) is 90.9 Å². The van der Waals surface area contributed by atoms with Gasteiger partial charge in [-0.1, -0.05) is 84.4 Å². The minimum atomic E-state index is -1.06. The van der Waals surface area contributed by atoms with Crippen LogP contribution in [0, 0.1) is 17.8 Å². The molecule has 0 fully saturated rings. The molecular weight excluding hydrogens is 612 g/mol. The smallest absolute Gasteiger partial charge is 0.324 e. The molecule has 11 heteroatoms. The summed E-state index contributed by atoms with van der Waals surface area (Å²) >= 11 is 0. The molecule has 0 radical (unpaired) electrons. The molecule has 6 atom stereocenters. The van der Waals surface area contributed by atoms with Crippen molar-refractivity contribution in [3.63, 3.8) is 0 Å². The second-order valence-electron chi connectivity index (χ2n) is 13.7. The highest BCUT2D eigenvalue weighted by Crippen LogP contribution is 2.25. The number of hydrogen-bond donors (Lipinski definition) is 2. The zero-order valence-electron chi connectivity index (χ0n) is 30.3. The van der Waals surface area contributed by atoms with E-state index in [0.29, 0.717) is 25.0 Å². The maximum absolute atomic E-state index is 13.5. The minimum absolute atomic E-state index is 0.0211. The summed E-state index contributed by atoms with van der Waals surface area (Å²) in [6.45, 7) is 13.4. The number of ether oxygens (including phenoxy) is 2. The summed E-state index contributed by atoms with van der Waals surface area (Å²) in [4.78, 5) is 69.2. The number of amides is 4. The molecule has 0 aromatic heterocycles. The fraction of sp³-hybridized carbons (Fsp3) is 0.595. The largest absolute Gasteiger partial charge is 0.499 e. The number of rotatable bonds is 18. The summed E-state index contributed by atoms with van der Waals surface area (Å²) in [5.74, 6) is -1.92. The van der Waals surface area contributed by atoms with Crippen molar-refractivity contribution in [2.24, 2.45) is 17.8 Å². The Bertz CT molecular complexity index is 1310. The Balaban J connectivity index is 2.15. The number of methoxy groups -OCH3 is 1. The van der Waals surface area contributed by atoms with E-state index in [0.717, 1.165) is 16.9 Å². The molecule has 48 heavy (non-hydrogen) atoms. The molecule has 2 N–H and O–H groups in total. The third-order valence-electron chi connectivity index (χ3n) is 8.34. The van der Waals surface area contributed by atoms with Gasteiger partial charge in [0.2, 0.25) is 5.91 Å². The molecule has 0 unspecified atom stereocenters. The maximum Gasteiger partial charge on any atom is 0.324 e. The Labute approximate surface area is 286 Å². The number of hydrogen-bond acceptors (Lipinski definition) is 8. The van der Waals surface area contributed by atoms with E-state index >= 15 is 0 Å². The van der Waals surface area contributed by atoms with E-state index in [2.05, 4.69) is 10.6 Å². The van der Waals surface area contributed by atoms with Crippen LogP contribution in [0.5, 0.6) is 0 Å². The summed E-state index contributed by atoms with van der Waals surface area (Å²) in [5, 5.41) is 5.67. The molecule has 11 nitrogen and oxygen atoms in total. The molecular formula is C37H56N4O7. The number of esters is 1. The molecule has 0 bridgehead atoms. The van der Waals surface area contributed by atoms with E-state index in [1.54, 1.807) is 11.8 Å². The van der Waals surface area contributed by atoms with Crippen LogP contribution in [0.4, 0.5) is 0 Å². The number of benzene rings is 1. The van der Waals surface area contributed by atoms with Crippen LogP contribution in [0.15, 0.2) is 54.3 Å². The van der Waals surface area contributed by atoms with E-state index in [1.165, 1.54) is 25.3 Å². The van der Waals surface area contributed by atoms with Crippen molar-refractivity contribution in [2.45, 2.75) is 104 Å². The summed E-state index contributed by atoms with van der Waals surface area (Å²) in [6, 6.07) is 6.89. The average molecular weight is 669 g/mol. The first-order valence-corrected chi connectivity index (χ1v) is 16.9. The predicted octanol–water partition coefficient (Wildman–Crippen LogP) is 4.02. The van der Waals surface area contributed by atoms with Crippen molar-refractivity contribution in [3.05, 3.63) is 59.9 Å². The van der Waals surface area contributed by atoms with Crippen LogP contribution in [-0.2, 0) is 39.9 Å². The number of likely N-dealkylation sites (N-methyl/N-ethyl adjacent to an activating group) is 1. The van der Waals surface area contributed by atoms with Gasteiger partial charge in [-0.15, -0.1) is 0 Å². The van der Waals surface area contributed by atoms with E-state index in [4.69, 9.17) is 9.47 Å². The molecule has 4 amide bonds. The van der Waals surface area contributed by atoms with Crippen molar-refractivity contribution >= 4 is 29.6 Å². The van der Waals surface area contributed by atoms with Crippen LogP contribution in [0.25, 0.3) is 0 Å². The topological polar surface area (TPSA) is 134 Å². The summed E-state index contributed by atoms with van der Waals surface area (Å²) in [5.41, 5.74) is 0.944. The fourth-order valence-corrected chi connectivity index (χ4v) is 5.72. The Morgan fingerprint density at radius 3 is 2.10 bits per heavy atom. The molecule has 1 aromatic carbocycles. The Hall–Kier alpha value is -3.99. The van der Waals surface area contributed by atoms with Gasteiger partial charge in [0.15, 0.2) is 6.10 Å². The summed E-state index contributed by atoms with van der Waals surface area (Å²) in [7, 11) is 5.08. The van der Waals surface area contributed by atoms with Crippen LogP contribution < -0.4 is 10.6 Å². The van der Waals surface area contributed by atoms with Gasteiger partial charge in [-0.05, 0) is 57.2 Å².